The van der Waals surface area contributed by atoms with Gasteiger partial charge in [0.25, 0.3) is 5.91 Å². The van der Waals surface area contributed by atoms with Gasteiger partial charge in [0, 0.05) is 15.5 Å². The van der Waals surface area contributed by atoms with Crippen LogP contribution in [0.1, 0.15) is 0 Å². The van der Waals surface area contributed by atoms with Crippen LogP contribution >= 0.6 is 34.2 Å². The first kappa shape index (κ1) is 14.1. The summed E-state index contributed by atoms with van der Waals surface area (Å²) < 4.78 is 6.39. The molecule has 1 heterocycles. The molecule has 0 unspecified atom stereocenters. The van der Waals surface area contributed by atoms with Gasteiger partial charge in [-0.05, 0) is 59.0 Å². The van der Waals surface area contributed by atoms with Crippen molar-refractivity contribution in [1.29, 1.82) is 0 Å². The summed E-state index contributed by atoms with van der Waals surface area (Å²) in [5.74, 6) is 0.142. The third-order valence-corrected chi connectivity index (χ3v) is 3.21. The molecule has 98 valence electrons. The maximum atomic E-state index is 11.7. The predicted octanol–water partition coefficient (Wildman–Crippen LogP) is 3.36. The topological polar surface area (TPSA) is 51.2 Å². The van der Waals surface area contributed by atoms with Crippen molar-refractivity contribution in [2.75, 3.05) is 11.9 Å². The van der Waals surface area contributed by atoms with E-state index in [-0.39, 0.29) is 17.7 Å². The molecule has 6 heteroatoms. The van der Waals surface area contributed by atoms with Crippen LogP contribution in [-0.4, -0.2) is 17.5 Å². The molecule has 0 aliphatic rings. The lowest BCUT2D eigenvalue weighted by Crippen LogP contribution is -2.20. The minimum atomic E-state index is -0.249. The average Bonchev–Trinajstić information content (AvgIpc) is 2.40. The highest BCUT2D eigenvalue weighted by molar-refractivity contribution is 14.1. The number of carbonyl (C=O) groups is 1. The number of carbonyl (C=O) groups excluding carboxylic acids is 1. The Labute approximate surface area is 129 Å². The zero-order valence-electron chi connectivity index (χ0n) is 9.77. The minimum absolute atomic E-state index is 0.114. The number of halogens is 2. The maximum absolute atomic E-state index is 11.7. The molecule has 0 bridgehead atoms. The largest absolute Gasteiger partial charge is 0.481 e. The van der Waals surface area contributed by atoms with E-state index in [1.807, 2.05) is 24.3 Å². The normalized spacial score (nSPS) is 10.0. The van der Waals surface area contributed by atoms with Crippen molar-refractivity contribution in [3.63, 3.8) is 0 Å². The van der Waals surface area contributed by atoms with E-state index in [0.29, 0.717) is 5.75 Å². The molecule has 0 aliphatic carbocycles. The monoisotopic (exact) mass is 388 g/mol. The summed E-state index contributed by atoms with van der Waals surface area (Å²) in [4.78, 5) is 15.5. The van der Waals surface area contributed by atoms with Gasteiger partial charge >= 0.3 is 0 Å². The van der Waals surface area contributed by atoms with Crippen LogP contribution < -0.4 is 10.1 Å². The SMILES string of the molecule is O=C(COc1cccnc1Cl)Nc1ccc(I)cc1. The van der Waals surface area contributed by atoms with Crippen molar-refractivity contribution >= 4 is 45.8 Å². The van der Waals surface area contributed by atoms with Crippen molar-refractivity contribution in [2.45, 2.75) is 0 Å². The quantitative estimate of drug-likeness (QED) is 0.645. The van der Waals surface area contributed by atoms with E-state index < -0.39 is 0 Å². The molecule has 0 spiro atoms. The Bertz CT molecular complexity index is 575. The number of anilines is 1. The Morgan fingerprint density at radius 2 is 2.05 bits per heavy atom. The fourth-order valence-corrected chi connectivity index (χ4v) is 1.89. The van der Waals surface area contributed by atoms with Crippen LogP contribution in [0.2, 0.25) is 5.15 Å². The van der Waals surface area contributed by atoms with E-state index in [2.05, 4.69) is 32.9 Å². The van der Waals surface area contributed by atoms with Crippen LogP contribution in [0.15, 0.2) is 42.6 Å². The molecular weight excluding hydrogens is 379 g/mol. The highest BCUT2D eigenvalue weighted by Gasteiger charge is 2.06. The van der Waals surface area contributed by atoms with E-state index >= 15 is 0 Å². The Morgan fingerprint density at radius 3 is 2.74 bits per heavy atom. The second-order valence-corrected chi connectivity index (χ2v) is 5.24. The van der Waals surface area contributed by atoms with Crippen LogP contribution in [-0.2, 0) is 4.79 Å². The molecule has 2 aromatic rings. The van der Waals surface area contributed by atoms with E-state index in [1.165, 1.54) is 0 Å². The summed E-state index contributed by atoms with van der Waals surface area (Å²) in [6.07, 6.45) is 1.56. The van der Waals surface area contributed by atoms with Crippen molar-refractivity contribution in [2.24, 2.45) is 0 Å². The molecule has 1 N–H and O–H groups in total. The zero-order valence-corrected chi connectivity index (χ0v) is 12.7. The summed E-state index contributed by atoms with van der Waals surface area (Å²) in [5.41, 5.74) is 0.728. The first-order valence-corrected chi connectivity index (χ1v) is 6.89. The highest BCUT2D eigenvalue weighted by Crippen LogP contribution is 2.20. The molecule has 4 nitrogen and oxygen atoms in total. The molecule has 1 aromatic carbocycles. The molecule has 2 rings (SSSR count). The third-order valence-electron chi connectivity index (χ3n) is 2.21. The number of amides is 1. The molecule has 0 saturated heterocycles. The molecule has 1 amide bonds. The van der Waals surface area contributed by atoms with Gasteiger partial charge in [-0.1, -0.05) is 11.6 Å². The van der Waals surface area contributed by atoms with Gasteiger partial charge in [-0.3, -0.25) is 4.79 Å². The molecule has 1 aromatic heterocycles. The fourth-order valence-electron chi connectivity index (χ4n) is 1.35. The molecular formula is C13H10ClIN2O2. The zero-order chi connectivity index (χ0) is 13.7. The van der Waals surface area contributed by atoms with Gasteiger partial charge in [-0.2, -0.15) is 0 Å². The Hall–Kier alpha value is -1.34. The predicted molar refractivity (Wildman–Crippen MR) is 82.5 cm³/mol. The maximum Gasteiger partial charge on any atom is 0.262 e. The van der Waals surface area contributed by atoms with Gasteiger partial charge in [0.15, 0.2) is 17.5 Å². The van der Waals surface area contributed by atoms with Gasteiger partial charge in [0.2, 0.25) is 0 Å². The van der Waals surface area contributed by atoms with E-state index in [0.717, 1.165) is 9.26 Å². The number of nitrogens with one attached hydrogen (secondary N) is 1. The minimum Gasteiger partial charge on any atom is -0.481 e. The van der Waals surface area contributed by atoms with Crippen LogP contribution in [0, 0.1) is 3.57 Å². The Balaban J connectivity index is 1.88. The van der Waals surface area contributed by atoms with Crippen LogP contribution in [0.25, 0.3) is 0 Å². The lowest BCUT2D eigenvalue weighted by molar-refractivity contribution is -0.118. The van der Waals surface area contributed by atoms with Gasteiger partial charge in [-0.15, -0.1) is 0 Å². The molecule has 0 fully saturated rings. The fraction of sp³-hybridized carbons (Fsp3) is 0.0769. The van der Waals surface area contributed by atoms with Crippen molar-refractivity contribution in [3.8, 4) is 5.75 Å². The Kier molecular flexibility index (Phi) is 4.98. The number of hydrogen-bond acceptors (Lipinski definition) is 3. The molecule has 0 saturated carbocycles. The third kappa shape index (κ3) is 4.36. The van der Waals surface area contributed by atoms with E-state index in [4.69, 9.17) is 16.3 Å². The number of rotatable bonds is 4. The molecule has 0 radical (unpaired) electrons. The second kappa shape index (κ2) is 6.72. The van der Waals surface area contributed by atoms with Crippen molar-refractivity contribution < 1.29 is 9.53 Å². The summed E-state index contributed by atoms with van der Waals surface area (Å²) >= 11 is 8.02. The average molecular weight is 389 g/mol. The first-order valence-electron chi connectivity index (χ1n) is 5.44. The van der Waals surface area contributed by atoms with Gasteiger partial charge in [0.1, 0.15) is 0 Å². The van der Waals surface area contributed by atoms with Crippen LogP contribution in [0.5, 0.6) is 5.75 Å². The summed E-state index contributed by atoms with van der Waals surface area (Å²) in [5, 5.41) is 2.97. The van der Waals surface area contributed by atoms with Crippen LogP contribution in [0.3, 0.4) is 0 Å². The van der Waals surface area contributed by atoms with Gasteiger partial charge in [0.05, 0.1) is 0 Å². The second-order valence-electron chi connectivity index (χ2n) is 3.64. The number of hydrogen-bond donors (Lipinski definition) is 1. The summed E-state index contributed by atoms with van der Waals surface area (Å²) in [6, 6.07) is 10.8. The van der Waals surface area contributed by atoms with Gasteiger partial charge in [-0.25, -0.2) is 4.98 Å². The number of nitrogens with zero attached hydrogens (tertiary/aromatic N) is 1. The number of benzene rings is 1. The summed E-state index contributed by atoms with van der Waals surface area (Å²) in [6.45, 7) is -0.114. The number of pyridine rings is 1. The standard InChI is InChI=1S/C13H10ClIN2O2/c14-13-11(2-1-7-16-13)19-8-12(18)17-10-5-3-9(15)4-6-10/h1-7H,8H2,(H,17,18). The highest BCUT2D eigenvalue weighted by atomic mass is 127. The van der Waals surface area contributed by atoms with E-state index in [9.17, 15) is 4.79 Å². The number of ether oxygens (including phenoxy) is 1. The molecule has 19 heavy (non-hydrogen) atoms. The smallest absolute Gasteiger partial charge is 0.262 e. The van der Waals surface area contributed by atoms with Crippen LogP contribution in [0.4, 0.5) is 5.69 Å². The lowest BCUT2D eigenvalue weighted by Gasteiger charge is -2.08. The van der Waals surface area contributed by atoms with Crippen molar-refractivity contribution in [3.05, 3.63) is 51.3 Å². The van der Waals surface area contributed by atoms with Gasteiger partial charge < -0.3 is 10.1 Å². The lowest BCUT2D eigenvalue weighted by atomic mass is 10.3. The molecule has 0 aliphatic heterocycles. The summed E-state index contributed by atoms with van der Waals surface area (Å²) in [7, 11) is 0. The molecule has 0 atom stereocenters. The number of aromatic nitrogens is 1. The van der Waals surface area contributed by atoms with E-state index in [1.54, 1.807) is 18.3 Å². The van der Waals surface area contributed by atoms with Crippen molar-refractivity contribution in [1.82, 2.24) is 4.98 Å². The Morgan fingerprint density at radius 1 is 1.32 bits per heavy atom. The first-order chi connectivity index (χ1) is 9.15.